The van der Waals surface area contributed by atoms with Gasteiger partial charge in [0.1, 0.15) is 0 Å². The second-order valence-electron chi connectivity index (χ2n) is 21.0. The summed E-state index contributed by atoms with van der Waals surface area (Å²) in [5, 5.41) is 32.3. The van der Waals surface area contributed by atoms with Gasteiger partial charge in [0.2, 0.25) is 0 Å². The second kappa shape index (κ2) is 22.5. The number of anilines is 12. The highest BCUT2D eigenvalue weighted by molar-refractivity contribution is 6.03. The van der Waals surface area contributed by atoms with Crippen molar-refractivity contribution in [3.05, 3.63) is 336 Å². The van der Waals surface area contributed by atoms with Crippen LogP contribution >= 0.6 is 0 Å². The van der Waals surface area contributed by atoms with E-state index in [1.165, 1.54) is 0 Å². The molecule has 0 saturated carbocycles. The summed E-state index contributed by atoms with van der Waals surface area (Å²) in [6, 6.07) is 107. The van der Waals surface area contributed by atoms with Crippen LogP contribution in [0.2, 0.25) is 0 Å². The molecule has 0 atom stereocenters. The number of nitro benzene ring substituents is 2. The van der Waals surface area contributed by atoms with Gasteiger partial charge in [0.15, 0.2) is 0 Å². The zero-order valence-corrected chi connectivity index (χ0v) is 46.3. The first-order valence-electron chi connectivity index (χ1n) is 28.3. The predicted molar refractivity (Wildman–Crippen MR) is 354 cm³/mol. The first-order valence-corrected chi connectivity index (χ1v) is 28.3. The van der Waals surface area contributed by atoms with E-state index < -0.39 is 0 Å². The van der Waals surface area contributed by atoms with E-state index in [4.69, 9.17) is 0 Å². The number of hydrogen-bond acceptors (Lipinski definition) is 8. The minimum atomic E-state index is -0.370. The fourth-order valence-electron chi connectivity index (χ4n) is 11.9. The topological polar surface area (TPSA) is 99.2 Å². The Kier molecular flexibility index (Phi) is 13.6. The third-order valence-electron chi connectivity index (χ3n) is 16.0. The maximum Gasteiger partial charge on any atom is 0.269 e. The van der Waals surface area contributed by atoms with Gasteiger partial charge in [0, 0.05) is 91.3 Å². The van der Waals surface area contributed by atoms with Crippen LogP contribution in [-0.4, -0.2) is 9.85 Å². The van der Waals surface area contributed by atoms with Crippen LogP contribution < -0.4 is 19.6 Å². The SMILES string of the molecule is O=[N+]([O-])c1ccc(N(c2ccc(N(c3ccc(-c4ccc(N(c5ccc(N(c6ccc([N+](=O)[O-])cc6)c6cccc7ccccc67)cc5)c5cccc6ccccc56)cc4)cc3)c3cccc4ccccc34)cc2)c2cccc3ccccc23)cc1. The van der Waals surface area contributed by atoms with Crippen LogP contribution in [0.1, 0.15) is 0 Å². The summed E-state index contributed by atoms with van der Waals surface area (Å²) in [4.78, 5) is 31.7. The molecular weight excluding hydrogens is 1060 g/mol. The minimum Gasteiger partial charge on any atom is -0.310 e. The van der Waals surface area contributed by atoms with E-state index in [9.17, 15) is 20.2 Å². The van der Waals surface area contributed by atoms with Crippen LogP contribution in [0.25, 0.3) is 54.2 Å². The van der Waals surface area contributed by atoms with Gasteiger partial charge in [0.25, 0.3) is 11.4 Å². The molecule has 0 aliphatic rings. The Balaban J connectivity index is 0.817. The molecule has 0 spiro atoms. The van der Waals surface area contributed by atoms with Gasteiger partial charge in [0.05, 0.1) is 32.6 Å². The Bertz CT molecular complexity index is 4500. The van der Waals surface area contributed by atoms with Crippen molar-refractivity contribution in [2.24, 2.45) is 0 Å². The third kappa shape index (κ3) is 9.88. The normalized spacial score (nSPS) is 11.2. The van der Waals surface area contributed by atoms with Gasteiger partial charge in [-0.2, -0.15) is 0 Å². The molecule has 0 unspecified atom stereocenters. The van der Waals surface area contributed by atoms with Crippen LogP contribution in [0.3, 0.4) is 0 Å². The average molecular weight is 1110 g/mol. The van der Waals surface area contributed by atoms with E-state index in [0.717, 1.165) is 122 Å². The maximum atomic E-state index is 11.8. The Labute approximate surface area is 496 Å². The molecule has 10 heteroatoms. The summed E-state index contributed by atoms with van der Waals surface area (Å²) < 4.78 is 0. The van der Waals surface area contributed by atoms with Crippen molar-refractivity contribution in [1.29, 1.82) is 0 Å². The summed E-state index contributed by atoms with van der Waals surface area (Å²) in [6.45, 7) is 0. The quantitative estimate of drug-likeness (QED) is 0.0739. The molecule has 10 nitrogen and oxygen atoms in total. The molecule has 0 bridgehead atoms. The number of benzene rings is 14. The second-order valence-corrected chi connectivity index (χ2v) is 21.0. The van der Waals surface area contributed by atoms with E-state index in [0.29, 0.717) is 0 Å². The zero-order valence-electron chi connectivity index (χ0n) is 46.3. The number of hydrogen-bond donors (Lipinski definition) is 0. The summed E-state index contributed by atoms with van der Waals surface area (Å²) in [5.74, 6) is 0. The van der Waals surface area contributed by atoms with Crippen molar-refractivity contribution >= 4 is 123 Å². The number of nitro groups is 2. The molecule has 0 aliphatic heterocycles. The highest BCUT2D eigenvalue weighted by Crippen LogP contribution is 2.46. The van der Waals surface area contributed by atoms with Gasteiger partial charge in [-0.1, -0.05) is 170 Å². The van der Waals surface area contributed by atoms with Crippen LogP contribution in [-0.2, 0) is 0 Å². The summed E-state index contributed by atoms with van der Waals surface area (Å²) in [5.41, 5.74) is 13.4. The fourth-order valence-corrected chi connectivity index (χ4v) is 11.9. The van der Waals surface area contributed by atoms with E-state index in [1.807, 2.05) is 36.4 Å². The molecule has 0 heterocycles. The van der Waals surface area contributed by atoms with Crippen molar-refractivity contribution < 1.29 is 9.85 Å². The van der Waals surface area contributed by atoms with Crippen LogP contribution in [0.5, 0.6) is 0 Å². The molecule has 0 saturated heterocycles. The third-order valence-corrected chi connectivity index (χ3v) is 16.0. The monoisotopic (exact) mass is 1110 g/mol. The van der Waals surface area contributed by atoms with Gasteiger partial charge in [-0.15, -0.1) is 0 Å². The molecule has 86 heavy (non-hydrogen) atoms. The van der Waals surface area contributed by atoms with Crippen LogP contribution in [0.4, 0.5) is 79.6 Å². The van der Waals surface area contributed by atoms with E-state index in [1.54, 1.807) is 48.5 Å². The average Bonchev–Trinajstić information content (AvgIpc) is 2.98. The summed E-state index contributed by atoms with van der Waals surface area (Å²) >= 11 is 0. The van der Waals surface area contributed by atoms with Crippen molar-refractivity contribution in [2.45, 2.75) is 0 Å². The molecule has 0 fully saturated rings. The number of nitrogens with zero attached hydrogens (tertiary/aromatic N) is 6. The van der Waals surface area contributed by atoms with E-state index in [2.05, 4.69) is 250 Å². The van der Waals surface area contributed by atoms with Gasteiger partial charge in [-0.25, -0.2) is 0 Å². The standard InChI is InChI=1S/C76H52N6O4/c83-81(84)67-49-45-65(46-50-67)79(75-27-11-19-57-15-3-7-23-71(57)75)63-41-37-61(38-42-63)77(73-25-9-17-55-13-1-5-21-69(55)73)59-33-29-53(30-34-59)54-31-35-60(36-32-54)78(74-26-10-18-56-14-2-6-22-70(56)74)62-39-43-64(44-40-62)80(66-47-51-68(52-48-66)82(85)86)76-28-12-20-58-16-4-8-24-72(58)76/h1-52H. The van der Waals surface area contributed by atoms with Crippen molar-refractivity contribution in [1.82, 2.24) is 0 Å². The minimum absolute atomic E-state index is 0.0313. The lowest BCUT2D eigenvalue weighted by Gasteiger charge is -2.30. The Morgan fingerprint density at radius 2 is 0.395 bits per heavy atom. The van der Waals surface area contributed by atoms with E-state index in [-0.39, 0.29) is 21.2 Å². The maximum absolute atomic E-state index is 11.8. The van der Waals surface area contributed by atoms with Crippen LogP contribution in [0, 0.1) is 20.2 Å². The van der Waals surface area contributed by atoms with E-state index >= 15 is 0 Å². The summed E-state index contributed by atoms with van der Waals surface area (Å²) in [6.07, 6.45) is 0. The Hall–Kier alpha value is -11.9. The lowest BCUT2D eigenvalue weighted by Crippen LogP contribution is -2.13. The molecular formula is C76H52N6O4. The molecule has 410 valence electrons. The Morgan fingerprint density at radius 3 is 0.616 bits per heavy atom. The predicted octanol–water partition coefficient (Wildman–Crippen LogP) is 21.7. The van der Waals surface area contributed by atoms with Crippen molar-refractivity contribution in [2.75, 3.05) is 19.6 Å². The van der Waals surface area contributed by atoms with Gasteiger partial charge in [-0.3, -0.25) is 20.2 Å². The molecule has 14 rings (SSSR count). The Morgan fingerprint density at radius 1 is 0.209 bits per heavy atom. The van der Waals surface area contributed by atoms with Crippen LogP contribution in [0.15, 0.2) is 315 Å². The first kappa shape index (κ1) is 52.2. The number of fused-ring (bicyclic) bond motifs is 4. The molecule has 14 aromatic rings. The molecule has 0 radical (unpaired) electrons. The summed E-state index contributed by atoms with van der Waals surface area (Å²) in [7, 11) is 0. The van der Waals surface area contributed by atoms with Gasteiger partial charge in [-0.05, 0) is 154 Å². The van der Waals surface area contributed by atoms with Gasteiger partial charge >= 0.3 is 0 Å². The zero-order chi connectivity index (χ0) is 58.1. The highest BCUT2D eigenvalue weighted by Gasteiger charge is 2.23. The van der Waals surface area contributed by atoms with Gasteiger partial charge < -0.3 is 19.6 Å². The largest absolute Gasteiger partial charge is 0.310 e. The fraction of sp³-hybridized carbons (Fsp3) is 0. The molecule has 0 aromatic heterocycles. The first-order chi connectivity index (χ1) is 42.3. The lowest BCUT2D eigenvalue weighted by molar-refractivity contribution is -0.385. The molecule has 0 aliphatic carbocycles. The lowest BCUT2D eigenvalue weighted by atomic mass is 10.0. The highest BCUT2D eigenvalue weighted by atomic mass is 16.6. The molecule has 14 aromatic carbocycles. The van der Waals surface area contributed by atoms with Crippen molar-refractivity contribution in [3.8, 4) is 11.1 Å². The molecule has 0 N–H and O–H groups in total. The number of non-ortho nitro benzene ring substituents is 2. The smallest absolute Gasteiger partial charge is 0.269 e. The number of rotatable bonds is 15. The van der Waals surface area contributed by atoms with Crippen molar-refractivity contribution in [3.63, 3.8) is 0 Å². The molecule has 0 amide bonds.